The minimum atomic E-state index is -2.68. The molecule has 0 aliphatic rings. The van der Waals surface area contributed by atoms with Crippen molar-refractivity contribution in [3.8, 4) is 0 Å². The Morgan fingerprint density at radius 3 is 0.706 bits per heavy atom. The van der Waals surface area contributed by atoms with Crippen molar-refractivity contribution in [3.63, 3.8) is 0 Å². The molecule has 0 amide bonds. The van der Waals surface area contributed by atoms with Crippen LogP contribution < -0.4 is 0 Å². The van der Waals surface area contributed by atoms with E-state index in [1.54, 1.807) is 0 Å². The predicted molar refractivity (Wildman–Crippen MR) is 99.1 cm³/mol. The van der Waals surface area contributed by atoms with E-state index in [1.807, 2.05) is 0 Å². The van der Waals surface area contributed by atoms with Crippen LogP contribution in [0.15, 0.2) is 0 Å². The van der Waals surface area contributed by atoms with E-state index in [2.05, 4.69) is 34.5 Å². The summed E-state index contributed by atoms with van der Waals surface area (Å²) in [6.45, 7) is 0. The first kappa shape index (κ1) is 25.4. The van der Waals surface area contributed by atoms with Crippen LogP contribution in [0, 0.1) is 0 Å². The zero-order valence-electron chi connectivity index (χ0n) is 10.8. The summed E-state index contributed by atoms with van der Waals surface area (Å²) in [7, 11) is -0.0787. The molecule has 0 aromatic rings. The molecule has 0 saturated heterocycles. The van der Waals surface area contributed by atoms with E-state index in [1.165, 1.54) is 0 Å². The molecule has 4 radical (unpaired) electrons. The fourth-order valence-corrected chi connectivity index (χ4v) is 39.1. The molecule has 0 fully saturated rings. The molecule has 0 unspecified atom stereocenters. The van der Waals surface area contributed by atoms with Crippen molar-refractivity contribution in [2.75, 3.05) is 0 Å². The Kier molecular flexibility index (Phi) is 19.7. The summed E-state index contributed by atoms with van der Waals surface area (Å²) >= 11 is 32.2. The second kappa shape index (κ2) is 13.2. The number of hydrogen-bond donors (Lipinski definition) is 0. The third kappa shape index (κ3) is 66.2. The van der Waals surface area contributed by atoms with Crippen LogP contribution in [0.4, 0.5) is 0 Å². The normalized spacial score (nSPS) is 11.6. The van der Waals surface area contributed by atoms with Crippen LogP contribution in [0.2, 0.25) is 34.5 Å². The van der Waals surface area contributed by atoms with Gasteiger partial charge in [0.05, 0.1) is 0 Å². The maximum atomic E-state index is 5.48. The SMILES string of the molecule is Cl[Si](Cl)(Cl)[Si][Si](Cl)(Cl)Cl.[CH3][Ge]([CH3])[CH3].[CH3][Ge]([CH3])[CH3]. The Hall–Kier alpha value is 3.48. The van der Waals surface area contributed by atoms with Crippen molar-refractivity contribution < 1.29 is 0 Å². The Labute approximate surface area is 147 Å². The summed E-state index contributed by atoms with van der Waals surface area (Å²) in [6, 6.07) is 0. The van der Waals surface area contributed by atoms with Gasteiger partial charge in [0.1, 0.15) is 8.55 Å². The van der Waals surface area contributed by atoms with Gasteiger partial charge < -0.3 is 0 Å². The zero-order chi connectivity index (χ0) is 14.9. The van der Waals surface area contributed by atoms with Crippen LogP contribution in [0.5, 0.6) is 0 Å². The molecule has 0 bridgehead atoms. The second-order valence-corrected chi connectivity index (χ2v) is 45.8. The van der Waals surface area contributed by atoms with Crippen LogP contribution in [-0.4, -0.2) is 48.3 Å². The molecule has 0 aromatic heterocycles. The van der Waals surface area contributed by atoms with E-state index < -0.39 is 11.0 Å². The first-order chi connectivity index (χ1) is 7.17. The Bertz CT molecular complexity index is 147. The molecule has 11 heteroatoms. The van der Waals surface area contributed by atoms with Crippen LogP contribution in [0.1, 0.15) is 0 Å². The van der Waals surface area contributed by atoms with Gasteiger partial charge in [0.2, 0.25) is 0 Å². The molecule has 0 aliphatic heterocycles. The molecule has 0 aliphatic carbocycles. The van der Waals surface area contributed by atoms with Crippen molar-refractivity contribution in [2.45, 2.75) is 34.5 Å². The summed E-state index contributed by atoms with van der Waals surface area (Å²) in [5.41, 5.74) is -5.36. The van der Waals surface area contributed by atoms with E-state index in [0.29, 0.717) is 0 Å². The standard InChI is InChI=1S/2C3H9Ge.Cl6Si3/c2*1-4(2)3;1-8(2,3)7-9(4,5)6/h2*1-3H3;. The van der Waals surface area contributed by atoms with Gasteiger partial charge in [0, 0.05) is 0 Å². The van der Waals surface area contributed by atoms with E-state index in [9.17, 15) is 0 Å². The molecular formula is C6H18Cl6Ge2Si3. The summed E-state index contributed by atoms with van der Waals surface area (Å²) < 4.78 is 0. The Morgan fingerprint density at radius 1 is 0.588 bits per heavy atom. The monoisotopic (exact) mass is 532 g/mol. The molecule has 0 rings (SSSR count). The van der Waals surface area contributed by atoms with Crippen molar-refractivity contribution in [2.24, 2.45) is 0 Å². The first-order valence-corrected chi connectivity index (χ1v) is 30.3. The van der Waals surface area contributed by atoms with Crippen LogP contribution in [0.3, 0.4) is 0 Å². The summed E-state index contributed by atoms with van der Waals surface area (Å²) in [5.74, 6) is 14.0. The molecule has 0 aromatic carbocycles. The number of rotatable bonds is 2. The van der Waals surface area contributed by atoms with Gasteiger partial charge in [-0.1, -0.05) is 0 Å². The third-order valence-corrected chi connectivity index (χ3v) is 23.0. The maximum absolute atomic E-state index is 5.48. The first-order valence-electron chi connectivity index (χ1n) is 4.63. The topological polar surface area (TPSA) is 0 Å². The Morgan fingerprint density at radius 2 is 0.706 bits per heavy atom. The van der Waals surface area contributed by atoms with Crippen LogP contribution >= 0.6 is 66.5 Å². The van der Waals surface area contributed by atoms with Crippen LogP contribution in [-0.2, 0) is 0 Å². The molecular weight excluding hydrogens is 514 g/mol. The molecule has 17 heavy (non-hydrogen) atoms. The Balaban J connectivity index is -0.000000205. The van der Waals surface area contributed by atoms with Crippen LogP contribution in [0.25, 0.3) is 0 Å². The second-order valence-electron chi connectivity index (χ2n) is 4.12. The number of halogens is 6. The van der Waals surface area contributed by atoms with E-state index in [0.717, 1.165) is 0 Å². The van der Waals surface area contributed by atoms with Gasteiger partial charge in [0.15, 0.2) is 0 Å². The molecule has 0 N–H and O–H groups in total. The van der Waals surface area contributed by atoms with Crippen molar-refractivity contribution in [1.82, 2.24) is 0 Å². The molecule has 104 valence electrons. The van der Waals surface area contributed by atoms with E-state index in [4.69, 9.17) is 66.5 Å². The van der Waals surface area contributed by atoms with Gasteiger partial charge >= 0.3 is 74.3 Å². The van der Waals surface area contributed by atoms with Gasteiger partial charge in [0.25, 0.3) is 0 Å². The van der Waals surface area contributed by atoms with Gasteiger partial charge in [-0.2, -0.15) is 0 Å². The van der Waals surface area contributed by atoms with E-state index in [-0.39, 0.29) is 37.3 Å². The van der Waals surface area contributed by atoms with Crippen molar-refractivity contribution >= 4 is 115 Å². The summed E-state index contributed by atoms with van der Waals surface area (Å²) in [4.78, 5) is 0. The summed E-state index contributed by atoms with van der Waals surface area (Å²) in [6.07, 6.45) is 0. The van der Waals surface area contributed by atoms with Gasteiger partial charge in [-0.3, -0.25) is 0 Å². The molecule has 0 spiro atoms. The van der Waals surface area contributed by atoms with Crippen molar-refractivity contribution in [3.05, 3.63) is 0 Å². The molecule has 0 saturated carbocycles. The fourth-order valence-electron chi connectivity index (χ4n) is 0.161. The number of hydrogen-bond acceptors (Lipinski definition) is 0. The van der Waals surface area contributed by atoms with Gasteiger partial charge in [-0.25, -0.2) is 0 Å². The molecule has 0 nitrogen and oxygen atoms in total. The zero-order valence-corrected chi connectivity index (χ0v) is 22.5. The van der Waals surface area contributed by atoms with Gasteiger partial charge in [-0.15, -0.1) is 66.5 Å². The predicted octanol–water partition coefficient (Wildman–Crippen LogP) is 5.74. The summed E-state index contributed by atoms with van der Waals surface area (Å²) in [5, 5.41) is 0. The minimum absolute atomic E-state index is 0.0787. The molecule has 0 heterocycles. The average Bonchev–Trinajstić information content (AvgIpc) is 1.70. The quantitative estimate of drug-likeness (QED) is 0.315. The van der Waals surface area contributed by atoms with Gasteiger partial charge in [-0.05, 0) is 0 Å². The fraction of sp³-hybridized carbons (Fsp3) is 1.00. The third-order valence-electron chi connectivity index (χ3n) is 0.283. The molecule has 0 atom stereocenters. The van der Waals surface area contributed by atoms with E-state index >= 15 is 0 Å². The van der Waals surface area contributed by atoms with Crippen molar-refractivity contribution in [1.29, 1.82) is 0 Å². The average molecular weight is 532 g/mol.